The Bertz CT molecular complexity index is 669. The van der Waals surface area contributed by atoms with Gasteiger partial charge in [0.1, 0.15) is 0 Å². The van der Waals surface area contributed by atoms with Gasteiger partial charge in [0.05, 0.1) is 0 Å². The van der Waals surface area contributed by atoms with Crippen LogP contribution in [0.5, 0.6) is 0 Å². The third-order valence-electron chi connectivity index (χ3n) is 3.36. The minimum Gasteiger partial charge on any atom is -0.389 e. The predicted molar refractivity (Wildman–Crippen MR) is 109 cm³/mol. The maximum absolute atomic E-state index is 11.1. The summed E-state index contributed by atoms with van der Waals surface area (Å²) in [6.45, 7) is 9.54. The van der Waals surface area contributed by atoms with Crippen molar-refractivity contribution >= 4 is 15.9 Å². The number of primary amides is 1. The van der Waals surface area contributed by atoms with Gasteiger partial charge in [0, 0.05) is 13.0 Å². The quantitative estimate of drug-likeness (QED) is 0.305. The average Bonchev–Trinajstić information content (AvgIpc) is 2.56. The maximum Gasteiger partial charge on any atom is 0.239 e. The van der Waals surface area contributed by atoms with Gasteiger partial charge in [-0.1, -0.05) is 37.6 Å². The van der Waals surface area contributed by atoms with Crippen LogP contribution in [-0.2, 0) is 14.8 Å². The monoisotopic (exact) mass is 381 g/mol. The number of carbonyl (C=O) groups is 1. The second-order valence-corrected chi connectivity index (χ2v) is 7.06. The molecule has 0 aromatic rings. The van der Waals surface area contributed by atoms with Crippen molar-refractivity contribution in [3.8, 4) is 12.3 Å². The Morgan fingerprint density at radius 2 is 1.92 bits per heavy atom. The number of primary sulfonamides is 1. The number of nitrogens with one attached hydrogen (secondary N) is 1. The highest BCUT2D eigenvalue weighted by atomic mass is 32.2. The first-order chi connectivity index (χ1) is 12.1. The molecule has 7 heteroatoms. The molecule has 0 aliphatic heterocycles. The summed E-state index contributed by atoms with van der Waals surface area (Å²) in [6.07, 6.45) is 16.3. The van der Waals surface area contributed by atoms with Crippen LogP contribution in [0.15, 0.2) is 48.2 Å². The van der Waals surface area contributed by atoms with Gasteiger partial charge in [-0.05, 0) is 37.6 Å². The summed E-state index contributed by atoms with van der Waals surface area (Å²) in [7, 11) is -3.99. The number of allylic oxidation sites excluding steroid dienone is 6. The molecule has 0 bridgehead atoms. The summed E-state index contributed by atoms with van der Waals surface area (Å²) in [4.78, 5) is 11.0. The van der Waals surface area contributed by atoms with E-state index in [2.05, 4.69) is 38.6 Å². The number of nitrogens with two attached hydrogens (primary N) is 2. The van der Waals surface area contributed by atoms with Crippen molar-refractivity contribution in [1.82, 2.24) is 5.32 Å². The molecule has 0 radical (unpaired) electrons. The van der Waals surface area contributed by atoms with E-state index >= 15 is 0 Å². The topological polar surface area (TPSA) is 115 Å². The zero-order chi connectivity index (χ0) is 20.6. The third-order valence-corrected chi connectivity index (χ3v) is 4.55. The molecule has 0 aliphatic rings. The standard InChI is InChI=1S/C14H25N3O3S.C5H6/c1-4-11(3)12(5-2)8-6-7-9-17-10-13(14(15)18)21(16,19)20;1-3-5-4-2/h6-9,13,17H,4-5,10H2,1-3H3,(H2,15,18)(H2,16,19,20);1,4H,2,5H2/b8-6-,9-7+,12-11+;. The third kappa shape index (κ3) is 13.0. The number of rotatable bonds is 10. The molecule has 6 nitrogen and oxygen atoms in total. The lowest BCUT2D eigenvalue weighted by molar-refractivity contribution is -0.117. The number of amides is 1. The van der Waals surface area contributed by atoms with E-state index in [1.54, 1.807) is 18.4 Å². The van der Waals surface area contributed by atoms with Crippen molar-refractivity contribution in [3.63, 3.8) is 0 Å². The maximum atomic E-state index is 11.1. The molecule has 5 N–H and O–H groups in total. The van der Waals surface area contributed by atoms with E-state index in [1.807, 2.05) is 12.2 Å². The molecule has 1 amide bonds. The minimum atomic E-state index is -3.99. The largest absolute Gasteiger partial charge is 0.389 e. The number of terminal acetylenes is 1. The van der Waals surface area contributed by atoms with E-state index in [0.29, 0.717) is 6.42 Å². The lowest BCUT2D eigenvalue weighted by Crippen LogP contribution is -2.45. The molecule has 26 heavy (non-hydrogen) atoms. The minimum absolute atomic E-state index is 0.150. The van der Waals surface area contributed by atoms with Crippen LogP contribution >= 0.6 is 0 Å². The van der Waals surface area contributed by atoms with E-state index in [-0.39, 0.29) is 6.54 Å². The first-order valence-electron chi connectivity index (χ1n) is 8.26. The molecule has 1 unspecified atom stereocenters. The summed E-state index contributed by atoms with van der Waals surface area (Å²) < 4.78 is 22.2. The van der Waals surface area contributed by atoms with Gasteiger partial charge in [0.2, 0.25) is 15.9 Å². The van der Waals surface area contributed by atoms with Crippen LogP contribution in [0.2, 0.25) is 0 Å². The van der Waals surface area contributed by atoms with Crippen LogP contribution in [-0.4, -0.2) is 26.1 Å². The van der Waals surface area contributed by atoms with Crippen molar-refractivity contribution in [2.75, 3.05) is 6.54 Å². The average molecular weight is 382 g/mol. The van der Waals surface area contributed by atoms with E-state index < -0.39 is 21.2 Å². The Hall–Kier alpha value is -2.30. The Morgan fingerprint density at radius 3 is 2.27 bits per heavy atom. The molecule has 0 rings (SSSR count). The molecule has 0 spiro atoms. The number of hydrogen-bond donors (Lipinski definition) is 3. The van der Waals surface area contributed by atoms with Crippen LogP contribution < -0.4 is 16.2 Å². The molecule has 0 saturated carbocycles. The second-order valence-electron chi connectivity index (χ2n) is 5.32. The van der Waals surface area contributed by atoms with E-state index in [4.69, 9.17) is 17.3 Å². The molecule has 0 aliphatic carbocycles. The van der Waals surface area contributed by atoms with E-state index in [0.717, 1.165) is 12.8 Å². The SMILES string of the molecule is C#CCC=C.CC/C(C)=C(/C=C\C=C\NCC(C(N)=O)S(N)(=O)=O)CC. The van der Waals surface area contributed by atoms with Gasteiger partial charge >= 0.3 is 0 Å². The van der Waals surface area contributed by atoms with Crippen LogP contribution in [0.4, 0.5) is 0 Å². The smallest absolute Gasteiger partial charge is 0.239 e. The molecule has 0 heterocycles. The van der Waals surface area contributed by atoms with Crippen LogP contribution in [0.3, 0.4) is 0 Å². The second kappa shape index (κ2) is 15.0. The van der Waals surface area contributed by atoms with Crippen molar-refractivity contribution in [3.05, 3.63) is 48.2 Å². The molecule has 0 aromatic carbocycles. The van der Waals surface area contributed by atoms with Gasteiger partial charge in [0.15, 0.2) is 5.25 Å². The first kappa shape index (κ1) is 25.9. The summed E-state index contributed by atoms with van der Waals surface area (Å²) >= 11 is 0. The Labute approximate surface area is 158 Å². The fourth-order valence-electron chi connectivity index (χ4n) is 1.72. The van der Waals surface area contributed by atoms with Gasteiger partial charge in [0.25, 0.3) is 0 Å². The Balaban J connectivity index is 0. The molecular weight excluding hydrogens is 350 g/mol. The van der Waals surface area contributed by atoms with E-state index in [9.17, 15) is 13.2 Å². The Kier molecular flexibility index (Phi) is 15.0. The highest BCUT2D eigenvalue weighted by Gasteiger charge is 2.26. The van der Waals surface area contributed by atoms with Gasteiger partial charge in [-0.2, -0.15) is 0 Å². The van der Waals surface area contributed by atoms with Crippen molar-refractivity contribution < 1.29 is 13.2 Å². The molecule has 0 saturated heterocycles. The lowest BCUT2D eigenvalue weighted by Gasteiger charge is -2.10. The summed E-state index contributed by atoms with van der Waals surface area (Å²) in [6, 6.07) is 0. The van der Waals surface area contributed by atoms with Gasteiger partial charge in [-0.25, -0.2) is 13.6 Å². The molecule has 0 fully saturated rings. The lowest BCUT2D eigenvalue weighted by atomic mass is 10.0. The number of sulfonamides is 1. The summed E-state index contributed by atoms with van der Waals surface area (Å²) in [5.74, 6) is 1.43. The molecule has 146 valence electrons. The zero-order valence-electron chi connectivity index (χ0n) is 15.9. The fraction of sp³-hybridized carbons (Fsp3) is 0.421. The summed E-state index contributed by atoms with van der Waals surface area (Å²) in [5, 5.41) is 6.18. The van der Waals surface area contributed by atoms with Gasteiger partial charge < -0.3 is 11.1 Å². The predicted octanol–water partition coefficient (Wildman–Crippen LogP) is 2.12. The van der Waals surface area contributed by atoms with Crippen LogP contribution in [0, 0.1) is 12.3 Å². The fourth-order valence-corrected chi connectivity index (χ4v) is 2.37. The van der Waals surface area contributed by atoms with Crippen molar-refractivity contribution in [2.45, 2.75) is 45.3 Å². The Morgan fingerprint density at radius 1 is 1.31 bits per heavy atom. The zero-order valence-corrected chi connectivity index (χ0v) is 16.7. The number of carbonyl (C=O) groups excluding carboxylic acids is 1. The van der Waals surface area contributed by atoms with E-state index in [1.165, 1.54) is 11.1 Å². The van der Waals surface area contributed by atoms with Crippen molar-refractivity contribution in [1.29, 1.82) is 0 Å². The molecule has 0 aromatic heterocycles. The molecular formula is C19H31N3O3S. The van der Waals surface area contributed by atoms with Crippen LogP contribution in [0.25, 0.3) is 0 Å². The normalized spacial score (nSPS) is 13.3. The first-order valence-corrected chi connectivity index (χ1v) is 9.86. The highest BCUT2D eigenvalue weighted by molar-refractivity contribution is 7.90. The van der Waals surface area contributed by atoms with Crippen LogP contribution in [0.1, 0.15) is 40.0 Å². The van der Waals surface area contributed by atoms with Crippen molar-refractivity contribution in [2.24, 2.45) is 10.9 Å². The molecule has 1 atom stereocenters. The van der Waals surface area contributed by atoms with Gasteiger partial charge in [-0.15, -0.1) is 18.9 Å². The summed E-state index contributed by atoms with van der Waals surface area (Å²) in [5.41, 5.74) is 7.58. The highest BCUT2D eigenvalue weighted by Crippen LogP contribution is 2.12. The number of hydrogen-bond acceptors (Lipinski definition) is 4. The van der Waals surface area contributed by atoms with Gasteiger partial charge in [-0.3, -0.25) is 4.79 Å².